The Morgan fingerprint density at radius 2 is 1.10 bits per heavy atom. The van der Waals surface area contributed by atoms with E-state index in [9.17, 15) is 14.4 Å². The van der Waals surface area contributed by atoms with E-state index in [2.05, 4.69) is 33.9 Å². The second-order valence-electron chi connectivity index (χ2n) is 10.8. The number of rotatable bonds is 29. The van der Waals surface area contributed by atoms with Crippen molar-refractivity contribution in [2.45, 2.75) is 115 Å². The van der Waals surface area contributed by atoms with E-state index >= 15 is 0 Å². The van der Waals surface area contributed by atoms with Crippen LogP contribution in [-0.2, 0) is 23.8 Å². The average molecular weight is 603 g/mol. The van der Waals surface area contributed by atoms with Crippen LogP contribution in [0.4, 0.5) is 4.79 Å². The summed E-state index contributed by atoms with van der Waals surface area (Å²) in [6.45, 7) is 5.84. The first-order valence-corrected chi connectivity index (χ1v) is 16.6. The summed E-state index contributed by atoms with van der Waals surface area (Å²) in [6, 6.07) is 0.260. The van der Waals surface area contributed by atoms with Gasteiger partial charge in [0.15, 0.2) is 0 Å². The number of thiol groups is 1. The van der Waals surface area contributed by atoms with Crippen molar-refractivity contribution in [3.05, 3.63) is 0 Å². The fourth-order valence-electron chi connectivity index (χ4n) is 4.67. The smallest absolute Gasteiger partial charge is 0.315 e. The van der Waals surface area contributed by atoms with E-state index in [1.165, 1.54) is 44.9 Å². The molecule has 1 heterocycles. The fraction of sp³-hybridized carbons (Fsp3) is 0.900. The highest BCUT2D eigenvalue weighted by atomic mass is 32.1. The molecular weight excluding hydrogens is 544 g/mol. The molecule has 0 aromatic heterocycles. The third kappa shape index (κ3) is 23.7. The predicted molar refractivity (Wildman–Crippen MR) is 167 cm³/mol. The molecule has 240 valence electrons. The summed E-state index contributed by atoms with van der Waals surface area (Å²) in [5.41, 5.74) is 0. The third-order valence-corrected chi connectivity index (χ3v) is 7.46. The number of unbranched alkanes of at least 4 members (excludes halogenated alkanes) is 10. The van der Waals surface area contributed by atoms with Crippen LogP contribution in [0.5, 0.6) is 0 Å². The molecule has 0 saturated carbocycles. The van der Waals surface area contributed by atoms with E-state index in [-0.39, 0.29) is 29.9 Å². The van der Waals surface area contributed by atoms with Gasteiger partial charge in [-0.25, -0.2) is 4.79 Å². The van der Waals surface area contributed by atoms with E-state index in [4.69, 9.17) is 14.2 Å². The van der Waals surface area contributed by atoms with E-state index in [1.54, 1.807) is 0 Å². The van der Waals surface area contributed by atoms with Gasteiger partial charge in [0, 0.05) is 32.0 Å². The van der Waals surface area contributed by atoms with Gasteiger partial charge in [0.05, 0.1) is 45.7 Å². The number of hydrogen-bond donors (Lipinski definition) is 5. The van der Waals surface area contributed by atoms with Crippen LogP contribution in [0.25, 0.3) is 0 Å². The molecule has 41 heavy (non-hydrogen) atoms. The van der Waals surface area contributed by atoms with Gasteiger partial charge in [-0.15, -0.1) is 0 Å². The molecule has 11 heteroatoms. The molecule has 0 radical (unpaired) electrons. The first-order valence-electron chi connectivity index (χ1n) is 16.0. The van der Waals surface area contributed by atoms with Crippen molar-refractivity contribution in [2.24, 2.45) is 0 Å². The molecule has 1 rings (SSSR count). The maximum atomic E-state index is 11.9. The number of hydrogen-bond acceptors (Lipinski definition) is 7. The van der Waals surface area contributed by atoms with Crippen molar-refractivity contribution in [1.29, 1.82) is 0 Å². The Morgan fingerprint density at radius 3 is 1.56 bits per heavy atom. The molecule has 0 bridgehead atoms. The van der Waals surface area contributed by atoms with Crippen LogP contribution < -0.4 is 21.3 Å². The van der Waals surface area contributed by atoms with Crippen LogP contribution in [0.1, 0.15) is 103 Å². The van der Waals surface area contributed by atoms with Gasteiger partial charge in [-0.2, -0.15) is 12.6 Å². The van der Waals surface area contributed by atoms with Crippen LogP contribution in [0.3, 0.4) is 0 Å². The molecule has 0 aliphatic carbocycles. The van der Waals surface area contributed by atoms with Gasteiger partial charge in [0.25, 0.3) is 0 Å². The zero-order valence-electron chi connectivity index (χ0n) is 25.5. The summed E-state index contributed by atoms with van der Waals surface area (Å²) in [5.74, 6) is 1.14. The SMILES string of the molecule is C[C@@H]1NC(=O)N[C@@H]1CCCCCC(=O)NCCOCCOCCOCCNC(=O)CCCCCCCCCCCS. The van der Waals surface area contributed by atoms with Gasteiger partial charge in [-0.05, 0) is 38.4 Å². The second-order valence-corrected chi connectivity index (χ2v) is 11.3. The zero-order valence-corrected chi connectivity index (χ0v) is 26.4. The van der Waals surface area contributed by atoms with Crippen LogP contribution in [0.2, 0.25) is 0 Å². The van der Waals surface area contributed by atoms with E-state index < -0.39 is 0 Å². The molecule has 4 N–H and O–H groups in total. The molecule has 1 aliphatic rings. The van der Waals surface area contributed by atoms with Crippen LogP contribution >= 0.6 is 12.6 Å². The molecule has 4 amide bonds. The van der Waals surface area contributed by atoms with E-state index in [0.29, 0.717) is 65.6 Å². The van der Waals surface area contributed by atoms with Crippen LogP contribution in [-0.4, -0.2) is 88.4 Å². The average Bonchev–Trinajstić information content (AvgIpc) is 3.28. The molecule has 0 aromatic carbocycles. The minimum atomic E-state index is -0.0911. The van der Waals surface area contributed by atoms with E-state index in [1.807, 2.05) is 6.92 Å². The zero-order chi connectivity index (χ0) is 29.8. The first kappa shape index (κ1) is 37.5. The molecule has 10 nitrogen and oxygen atoms in total. The summed E-state index contributed by atoms with van der Waals surface area (Å²) in [5, 5.41) is 11.5. The maximum absolute atomic E-state index is 11.9. The first-order chi connectivity index (χ1) is 20.0. The lowest BCUT2D eigenvalue weighted by Crippen LogP contribution is -2.30. The number of urea groups is 1. The Bertz CT molecular complexity index is 673. The highest BCUT2D eigenvalue weighted by Crippen LogP contribution is 2.12. The molecule has 1 aliphatic heterocycles. The Labute approximate surface area is 253 Å². The van der Waals surface area contributed by atoms with Gasteiger partial charge in [0.2, 0.25) is 11.8 Å². The van der Waals surface area contributed by atoms with Crippen molar-refractivity contribution in [3.8, 4) is 0 Å². The minimum absolute atomic E-state index is 0.0411. The quantitative estimate of drug-likeness (QED) is 0.0648. The lowest BCUT2D eigenvalue weighted by Gasteiger charge is -2.13. The molecule has 0 spiro atoms. The third-order valence-electron chi connectivity index (χ3n) is 7.14. The Hall–Kier alpha value is -1.56. The predicted octanol–water partition coefficient (Wildman–Crippen LogP) is 4.12. The molecular formula is C30H58N4O6S. The second kappa shape index (κ2) is 27.3. The summed E-state index contributed by atoms with van der Waals surface area (Å²) in [6.07, 6.45) is 15.9. The van der Waals surface area contributed by atoms with Crippen LogP contribution in [0, 0.1) is 0 Å². The number of amides is 4. The Balaban J connectivity index is 1.73. The van der Waals surface area contributed by atoms with Crippen LogP contribution in [0.15, 0.2) is 0 Å². The summed E-state index contributed by atoms with van der Waals surface area (Å²) in [7, 11) is 0. The largest absolute Gasteiger partial charge is 0.377 e. The Kier molecular flexibility index (Phi) is 24.9. The van der Waals surface area contributed by atoms with Crippen molar-refractivity contribution in [3.63, 3.8) is 0 Å². The lowest BCUT2D eigenvalue weighted by atomic mass is 10.0. The summed E-state index contributed by atoms with van der Waals surface area (Å²) in [4.78, 5) is 35.1. The summed E-state index contributed by atoms with van der Waals surface area (Å²) < 4.78 is 16.4. The van der Waals surface area contributed by atoms with Gasteiger partial charge >= 0.3 is 6.03 Å². The molecule has 1 saturated heterocycles. The van der Waals surface area contributed by atoms with Gasteiger partial charge in [-0.3, -0.25) is 9.59 Å². The fourth-order valence-corrected chi connectivity index (χ4v) is 4.89. The van der Waals surface area contributed by atoms with Gasteiger partial charge < -0.3 is 35.5 Å². The number of carbonyl (C=O) groups excluding carboxylic acids is 3. The van der Waals surface area contributed by atoms with Crippen molar-refractivity contribution in [1.82, 2.24) is 21.3 Å². The number of nitrogens with one attached hydrogen (secondary N) is 4. The highest BCUT2D eigenvalue weighted by molar-refractivity contribution is 7.80. The van der Waals surface area contributed by atoms with Gasteiger partial charge in [0.1, 0.15) is 0 Å². The lowest BCUT2D eigenvalue weighted by molar-refractivity contribution is -0.122. The topological polar surface area (TPSA) is 127 Å². The minimum Gasteiger partial charge on any atom is -0.377 e. The van der Waals surface area contributed by atoms with Gasteiger partial charge in [-0.1, -0.05) is 57.8 Å². The van der Waals surface area contributed by atoms with Crippen molar-refractivity contribution >= 4 is 30.5 Å². The Morgan fingerprint density at radius 1 is 0.659 bits per heavy atom. The normalized spacial score (nSPS) is 16.4. The maximum Gasteiger partial charge on any atom is 0.315 e. The standard InChI is InChI=1S/C30H58N4O6S/c1-26-27(34-30(37)33-26)14-10-9-12-16-29(36)32-18-20-39-22-24-40-23-21-38-19-17-31-28(35)15-11-7-5-3-2-4-6-8-13-25-41/h26-27,41H,2-25H2,1H3,(H,31,35)(H,32,36)(H2,33,34,37)/t26-,27+/m0/s1. The van der Waals surface area contributed by atoms with E-state index in [0.717, 1.165) is 44.3 Å². The monoisotopic (exact) mass is 602 g/mol. The van der Waals surface area contributed by atoms with Crippen molar-refractivity contribution < 1.29 is 28.6 Å². The number of carbonyl (C=O) groups is 3. The molecule has 0 unspecified atom stereocenters. The van der Waals surface area contributed by atoms with Crippen molar-refractivity contribution in [2.75, 3.05) is 58.5 Å². The number of ether oxygens (including phenoxy) is 3. The molecule has 0 aromatic rings. The summed E-state index contributed by atoms with van der Waals surface area (Å²) >= 11 is 4.24. The molecule has 1 fully saturated rings. The molecule has 2 atom stereocenters. The highest BCUT2D eigenvalue weighted by Gasteiger charge is 2.26.